The second kappa shape index (κ2) is 13.4. The predicted octanol–water partition coefficient (Wildman–Crippen LogP) is 5.90. The number of anilines is 1. The van der Waals surface area contributed by atoms with E-state index in [1.807, 2.05) is 83.1 Å². The first-order valence-corrected chi connectivity index (χ1v) is 16.6. The van der Waals surface area contributed by atoms with E-state index in [9.17, 15) is 14.4 Å². The van der Waals surface area contributed by atoms with Crippen LogP contribution in [0.3, 0.4) is 0 Å². The summed E-state index contributed by atoms with van der Waals surface area (Å²) in [6.45, 7) is 11.6. The van der Waals surface area contributed by atoms with E-state index in [1.54, 1.807) is 6.92 Å². The van der Waals surface area contributed by atoms with Crippen molar-refractivity contribution in [3.63, 3.8) is 0 Å². The summed E-state index contributed by atoms with van der Waals surface area (Å²) in [5, 5.41) is 0.657. The molecule has 4 heterocycles. The normalized spacial score (nSPS) is 20.4. The number of benzene rings is 2. The van der Waals surface area contributed by atoms with E-state index in [1.165, 1.54) is 0 Å². The molecule has 3 saturated heterocycles. The standard InChI is InChI=1S/C36H43ClN4O4/c1-24-10-11-31(18-33(24)37)41(35(43)28-12-16-39(17-13-28)26(3)42)15-7-14-38-20-29-22-40(23-30(29)21-38)36(44)32-19-34(45-25(32)2)27-8-5-4-6-9-27/h4-6,8-11,18-19,28-30H,7,12-17,20-23H2,1-3H3. The van der Waals surface area contributed by atoms with Gasteiger partial charge in [0.25, 0.3) is 5.91 Å². The van der Waals surface area contributed by atoms with Crippen LogP contribution >= 0.6 is 11.6 Å². The van der Waals surface area contributed by atoms with Crippen molar-refractivity contribution in [3.8, 4) is 11.3 Å². The van der Waals surface area contributed by atoms with Gasteiger partial charge in [-0.2, -0.15) is 0 Å². The van der Waals surface area contributed by atoms with E-state index in [-0.39, 0.29) is 23.6 Å². The molecule has 0 radical (unpaired) electrons. The molecule has 0 spiro atoms. The molecule has 3 amide bonds. The van der Waals surface area contributed by atoms with Gasteiger partial charge in [0.1, 0.15) is 11.5 Å². The van der Waals surface area contributed by atoms with E-state index in [0.29, 0.717) is 60.7 Å². The molecule has 3 fully saturated rings. The van der Waals surface area contributed by atoms with Gasteiger partial charge in [0.15, 0.2) is 0 Å². The smallest absolute Gasteiger partial charge is 0.257 e. The Balaban J connectivity index is 1.03. The Hall–Kier alpha value is -3.62. The molecule has 238 valence electrons. The fourth-order valence-corrected chi connectivity index (χ4v) is 7.45. The minimum atomic E-state index is -0.0991. The van der Waals surface area contributed by atoms with Crippen LogP contribution in [0.1, 0.15) is 47.9 Å². The van der Waals surface area contributed by atoms with Gasteiger partial charge in [-0.1, -0.05) is 48.0 Å². The molecule has 3 aliphatic rings. The van der Waals surface area contributed by atoms with Crippen molar-refractivity contribution in [1.82, 2.24) is 14.7 Å². The average Bonchev–Trinajstić information content (AvgIpc) is 3.74. The van der Waals surface area contributed by atoms with Crippen LogP contribution < -0.4 is 4.90 Å². The minimum Gasteiger partial charge on any atom is -0.461 e. The van der Waals surface area contributed by atoms with E-state index in [4.69, 9.17) is 16.0 Å². The number of amides is 3. The Labute approximate surface area is 270 Å². The number of fused-ring (bicyclic) bond motifs is 1. The van der Waals surface area contributed by atoms with Gasteiger partial charge in [-0.3, -0.25) is 14.4 Å². The minimum absolute atomic E-state index is 0.0550. The van der Waals surface area contributed by atoms with Gasteiger partial charge in [-0.15, -0.1) is 0 Å². The molecule has 3 aliphatic heterocycles. The number of halogens is 1. The fraction of sp³-hybridized carbons (Fsp3) is 0.472. The number of carbonyl (C=O) groups excluding carboxylic acids is 3. The van der Waals surface area contributed by atoms with Crippen LogP contribution in [0.4, 0.5) is 5.69 Å². The Morgan fingerprint density at radius 2 is 1.60 bits per heavy atom. The number of hydrogen-bond acceptors (Lipinski definition) is 5. The molecule has 45 heavy (non-hydrogen) atoms. The van der Waals surface area contributed by atoms with Crippen molar-refractivity contribution in [3.05, 3.63) is 76.5 Å². The van der Waals surface area contributed by atoms with E-state index in [2.05, 4.69) is 4.90 Å². The molecular formula is C36H43ClN4O4. The van der Waals surface area contributed by atoms with Crippen molar-refractivity contribution in [2.75, 3.05) is 57.3 Å². The lowest BCUT2D eigenvalue weighted by Crippen LogP contribution is -2.44. The highest BCUT2D eigenvalue weighted by atomic mass is 35.5. The van der Waals surface area contributed by atoms with Crippen molar-refractivity contribution >= 4 is 35.0 Å². The lowest BCUT2D eigenvalue weighted by molar-refractivity contribution is -0.133. The van der Waals surface area contributed by atoms with Crippen LogP contribution in [-0.4, -0.2) is 84.8 Å². The van der Waals surface area contributed by atoms with Crippen LogP contribution in [-0.2, 0) is 9.59 Å². The van der Waals surface area contributed by atoms with Crippen LogP contribution in [0, 0.1) is 31.6 Å². The maximum atomic E-state index is 13.8. The topological polar surface area (TPSA) is 77.3 Å². The van der Waals surface area contributed by atoms with Crippen molar-refractivity contribution in [2.24, 2.45) is 17.8 Å². The summed E-state index contributed by atoms with van der Waals surface area (Å²) in [6, 6.07) is 17.6. The van der Waals surface area contributed by atoms with Gasteiger partial charge in [0.05, 0.1) is 5.56 Å². The Bertz CT molecular complexity index is 1530. The van der Waals surface area contributed by atoms with Gasteiger partial charge in [0.2, 0.25) is 11.8 Å². The summed E-state index contributed by atoms with van der Waals surface area (Å²) < 4.78 is 5.96. The first kappa shape index (κ1) is 31.4. The van der Waals surface area contributed by atoms with Gasteiger partial charge in [-0.25, -0.2) is 0 Å². The summed E-state index contributed by atoms with van der Waals surface area (Å²) in [6.07, 6.45) is 2.22. The first-order chi connectivity index (χ1) is 21.7. The monoisotopic (exact) mass is 630 g/mol. The average molecular weight is 631 g/mol. The summed E-state index contributed by atoms with van der Waals surface area (Å²) in [7, 11) is 0. The van der Waals surface area contributed by atoms with E-state index < -0.39 is 0 Å². The number of rotatable bonds is 8. The second-order valence-electron chi connectivity index (χ2n) is 13.0. The number of hydrogen-bond donors (Lipinski definition) is 0. The van der Waals surface area contributed by atoms with E-state index in [0.717, 1.165) is 61.7 Å². The molecule has 3 aromatic rings. The number of aryl methyl sites for hydroxylation is 2. The zero-order valence-corrected chi connectivity index (χ0v) is 27.3. The van der Waals surface area contributed by atoms with Crippen molar-refractivity contribution in [2.45, 2.75) is 40.0 Å². The zero-order valence-electron chi connectivity index (χ0n) is 26.5. The van der Waals surface area contributed by atoms with Gasteiger partial charge < -0.3 is 24.0 Å². The number of nitrogens with zero attached hydrogens (tertiary/aromatic N) is 4. The van der Waals surface area contributed by atoms with Crippen molar-refractivity contribution in [1.29, 1.82) is 0 Å². The van der Waals surface area contributed by atoms with Gasteiger partial charge in [-0.05, 0) is 75.3 Å². The van der Waals surface area contributed by atoms with Crippen molar-refractivity contribution < 1.29 is 18.8 Å². The molecular weight excluding hydrogens is 588 g/mol. The van der Waals surface area contributed by atoms with Crippen LogP contribution in [0.5, 0.6) is 0 Å². The zero-order chi connectivity index (χ0) is 31.7. The quantitative estimate of drug-likeness (QED) is 0.310. The van der Waals surface area contributed by atoms with E-state index >= 15 is 0 Å². The third-order valence-corrected chi connectivity index (χ3v) is 10.3. The summed E-state index contributed by atoms with van der Waals surface area (Å²) in [5.41, 5.74) is 3.44. The molecule has 0 aliphatic carbocycles. The third-order valence-electron chi connectivity index (χ3n) is 9.93. The largest absolute Gasteiger partial charge is 0.461 e. The SMILES string of the molecule is CC(=O)N1CCC(C(=O)N(CCCN2CC3CN(C(=O)c4cc(-c5ccccc5)oc4C)CC3C2)c2ccc(C)c(Cl)c2)CC1. The second-order valence-corrected chi connectivity index (χ2v) is 13.4. The number of carbonyl (C=O) groups is 3. The highest BCUT2D eigenvalue weighted by molar-refractivity contribution is 6.31. The number of furan rings is 1. The fourth-order valence-electron chi connectivity index (χ4n) is 7.28. The molecule has 0 N–H and O–H groups in total. The summed E-state index contributed by atoms with van der Waals surface area (Å²) >= 11 is 6.48. The Morgan fingerprint density at radius 1 is 0.911 bits per heavy atom. The van der Waals surface area contributed by atoms with Gasteiger partial charge in [0, 0.05) is 74.9 Å². The summed E-state index contributed by atoms with van der Waals surface area (Å²) in [5.74, 6) is 2.44. The molecule has 2 atom stereocenters. The van der Waals surface area contributed by atoms with Gasteiger partial charge >= 0.3 is 0 Å². The molecule has 1 aromatic heterocycles. The van der Waals surface area contributed by atoms with Crippen LogP contribution in [0.2, 0.25) is 5.02 Å². The first-order valence-electron chi connectivity index (χ1n) is 16.2. The molecule has 8 nitrogen and oxygen atoms in total. The lowest BCUT2D eigenvalue weighted by atomic mass is 9.94. The Kier molecular flexibility index (Phi) is 9.33. The predicted molar refractivity (Wildman–Crippen MR) is 176 cm³/mol. The van der Waals surface area contributed by atoms with Crippen LogP contribution in [0.25, 0.3) is 11.3 Å². The van der Waals surface area contributed by atoms with Crippen LogP contribution in [0.15, 0.2) is 59.0 Å². The molecule has 2 aromatic carbocycles. The number of likely N-dealkylation sites (tertiary alicyclic amines) is 3. The molecule has 6 rings (SSSR count). The Morgan fingerprint density at radius 3 is 2.24 bits per heavy atom. The highest BCUT2D eigenvalue weighted by Gasteiger charge is 2.42. The maximum absolute atomic E-state index is 13.8. The maximum Gasteiger partial charge on any atom is 0.257 e. The lowest BCUT2D eigenvalue weighted by Gasteiger charge is -2.34. The third kappa shape index (κ3) is 6.82. The summed E-state index contributed by atoms with van der Waals surface area (Å²) in [4.78, 5) is 47.3. The highest BCUT2D eigenvalue weighted by Crippen LogP contribution is 2.34. The number of piperidine rings is 1. The molecule has 9 heteroatoms. The molecule has 0 bridgehead atoms. The molecule has 0 saturated carbocycles. The molecule has 2 unspecified atom stereocenters.